The van der Waals surface area contributed by atoms with E-state index in [9.17, 15) is 0 Å². The summed E-state index contributed by atoms with van der Waals surface area (Å²) < 4.78 is 22.2. The van der Waals surface area contributed by atoms with Crippen LogP contribution in [-0.2, 0) is 9.47 Å². The van der Waals surface area contributed by atoms with Gasteiger partial charge in [0.2, 0.25) is 0 Å². The van der Waals surface area contributed by atoms with E-state index in [1.807, 2.05) is 76.7 Å². The minimum Gasteiger partial charge on any atom is -0.464 e. The van der Waals surface area contributed by atoms with Crippen molar-refractivity contribution in [2.24, 2.45) is 0 Å². The highest BCUT2D eigenvalue weighted by Crippen LogP contribution is 2.37. The third-order valence-electron chi connectivity index (χ3n) is 8.54. The van der Waals surface area contributed by atoms with Crippen LogP contribution >= 0.6 is 0 Å². The zero-order valence-corrected chi connectivity index (χ0v) is 28.3. The fourth-order valence-corrected chi connectivity index (χ4v) is 6.36. The fourth-order valence-electron chi connectivity index (χ4n) is 6.36. The molecule has 0 spiro atoms. The smallest absolute Gasteiger partial charge is 0.170 e. The predicted molar refractivity (Wildman–Crippen MR) is 202 cm³/mol. The molecule has 0 aliphatic heterocycles. The number of hydrogen-bond acceptors (Lipinski definition) is 5. The summed E-state index contributed by atoms with van der Waals surface area (Å²) in [5.41, 5.74) is 8.49. The summed E-state index contributed by atoms with van der Waals surface area (Å²) in [7, 11) is 4.01. The molecular formula is C42H41N3O4. The van der Waals surface area contributed by atoms with Crippen molar-refractivity contribution < 1.29 is 18.3 Å². The Labute approximate surface area is 285 Å². The van der Waals surface area contributed by atoms with Crippen LogP contribution in [0.4, 0.5) is 0 Å². The standard InChI is InChI=1S/C18H11NO.C16H11NO.C8H19NO2/c1-3-7-14-11(5-1)12-9-10-16-17(18(12)19-14)13-6-2-4-8-15(13)20-16;1-3-7-14-11(5-1)9-15(17-14)13-10-18-16-8-4-2-6-12(13)16;1-5-10-8(11-6-2)7-9(3)4/h1-10,19H;1-10,17H;8H,5-7H2,1-4H3. The van der Waals surface area contributed by atoms with Crippen molar-refractivity contribution in [2.75, 3.05) is 33.9 Å². The number of nitrogens with one attached hydrogen (secondary N) is 2. The Balaban J connectivity index is 0.000000122. The van der Waals surface area contributed by atoms with Gasteiger partial charge in [0, 0.05) is 63.3 Å². The Hall–Kier alpha value is -5.34. The molecule has 9 aromatic rings. The molecule has 7 nitrogen and oxygen atoms in total. The van der Waals surface area contributed by atoms with Gasteiger partial charge in [0.1, 0.15) is 23.0 Å². The highest BCUT2D eigenvalue weighted by Gasteiger charge is 2.13. The number of ether oxygens (including phenoxy) is 2. The monoisotopic (exact) mass is 651 g/mol. The van der Waals surface area contributed by atoms with E-state index in [0.29, 0.717) is 13.2 Å². The largest absolute Gasteiger partial charge is 0.464 e. The van der Waals surface area contributed by atoms with Gasteiger partial charge >= 0.3 is 0 Å². The minimum absolute atomic E-state index is 0.0694. The normalized spacial score (nSPS) is 11.6. The molecule has 2 N–H and O–H groups in total. The first-order chi connectivity index (χ1) is 24.0. The lowest BCUT2D eigenvalue weighted by molar-refractivity contribution is -0.143. The van der Waals surface area contributed by atoms with Crippen molar-refractivity contribution in [1.29, 1.82) is 0 Å². The number of aromatic amines is 2. The van der Waals surface area contributed by atoms with E-state index in [1.165, 1.54) is 32.4 Å². The number of benzene rings is 5. The van der Waals surface area contributed by atoms with Gasteiger partial charge in [-0.05, 0) is 70.4 Å². The van der Waals surface area contributed by atoms with Crippen LogP contribution in [0.1, 0.15) is 13.8 Å². The number of nitrogens with zero attached hydrogens (tertiary/aromatic N) is 1. The van der Waals surface area contributed by atoms with Crippen LogP contribution in [0, 0.1) is 0 Å². The van der Waals surface area contributed by atoms with Gasteiger partial charge in [-0.1, -0.05) is 72.8 Å². The number of H-pyrrole nitrogens is 2. The van der Waals surface area contributed by atoms with Crippen molar-refractivity contribution in [3.63, 3.8) is 0 Å². The zero-order chi connectivity index (χ0) is 33.7. The summed E-state index contributed by atoms with van der Waals surface area (Å²) in [6.07, 6.45) is 1.75. The van der Waals surface area contributed by atoms with Crippen LogP contribution in [0.3, 0.4) is 0 Å². The lowest BCUT2D eigenvalue weighted by atomic mass is 10.1. The van der Waals surface area contributed by atoms with E-state index in [1.54, 1.807) is 0 Å². The Morgan fingerprint density at radius 3 is 2.02 bits per heavy atom. The topological polar surface area (TPSA) is 79.6 Å². The van der Waals surface area contributed by atoms with Gasteiger partial charge in [-0.15, -0.1) is 0 Å². The lowest BCUT2D eigenvalue weighted by Crippen LogP contribution is -2.30. The fraction of sp³-hybridized carbons (Fsp3) is 0.190. The summed E-state index contributed by atoms with van der Waals surface area (Å²) in [5.74, 6) is 0. The summed E-state index contributed by atoms with van der Waals surface area (Å²) in [5, 5.41) is 7.21. The van der Waals surface area contributed by atoms with Crippen LogP contribution < -0.4 is 0 Å². The third kappa shape index (κ3) is 6.69. The second-order valence-electron chi connectivity index (χ2n) is 12.1. The molecule has 0 fully saturated rings. The van der Waals surface area contributed by atoms with Crippen LogP contribution in [0.15, 0.2) is 130 Å². The highest BCUT2D eigenvalue weighted by molar-refractivity contribution is 6.23. The molecule has 0 saturated heterocycles. The maximum absolute atomic E-state index is 5.94. The molecule has 4 aromatic heterocycles. The van der Waals surface area contributed by atoms with E-state index in [0.717, 1.165) is 51.0 Å². The van der Waals surface area contributed by atoms with E-state index < -0.39 is 0 Å². The number of rotatable bonds is 7. The van der Waals surface area contributed by atoms with Gasteiger partial charge in [0.15, 0.2) is 6.29 Å². The summed E-state index contributed by atoms with van der Waals surface area (Å²) >= 11 is 0. The number of aromatic nitrogens is 2. The Bertz CT molecular complexity index is 2420. The molecule has 0 amide bonds. The molecule has 0 atom stereocenters. The number of para-hydroxylation sites is 4. The molecule has 0 unspecified atom stereocenters. The van der Waals surface area contributed by atoms with Crippen molar-refractivity contribution in [2.45, 2.75) is 20.1 Å². The number of furan rings is 2. The van der Waals surface area contributed by atoms with Gasteiger partial charge < -0.3 is 33.2 Å². The molecule has 0 radical (unpaired) electrons. The molecule has 0 aliphatic carbocycles. The van der Waals surface area contributed by atoms with E-state index in [-0.39, 0.29) is 6.29 Å². The minimum atomic E-state index is -0.0694. The van der Waals surface area contributed by atoms with Gasteiger partial charge in [-0.2, -0.15) is 0 Å². The van der Waals surface area contributed by atoms with Crippen molar-refractivity contribution in [1.82, 2.24) is 14.9 Å². The van der Waals surface area contributed by atoms with Crippen molar-refractivity contribution in [3.8, 4) is 11.3 Å². The average molecular weight is 652 g/mol. The summed E-state index contributed by atoms with van der Waals surface area (Å²) in [6.45, 7) is 6.18. The third-order valence-corrected chi connectivity index (χ3v) is 8.54. The maximum atomic E-state index is 5.94. The zero-order valence-electron chi connectivity index (χ0n) is 28.3. The first-order valence-corrected chi connectivity index (χ1v) is 16.8. The van der Waals surface area contributed by atoms with Crippen LogP contribution in [0.25, 0.3) is 76.9 Å². The molecule has 7 heteroatoms. The van der Waals surface area contributed by atoms with Crippen molar-refractivity contribution >= 4 is 65.6 Å². The number of likely N-dealkylation sites (N-methyl/N-ethyl adjacent to an activating group) is 1. The van der Waals surface area contributed by atoms with Gasteiger partial charge in [-0.3, -0.25) is 0 Å². The first kappa shape index (κ1) is 32.2. The molecule has 5 aromatic carbocycles. The SMILES string of the molecule is CCOC(CN(C)C)OCC.c1ccc2[nH]c(-c3coc4ccccc34)cc2c1.c1ccc2c(c1)[nH]c1c2ccc2oc3ccccc3c21. The van der Waals surface area contributed by atoms with Gasteiger partial charge in [0.05, 0.1) is 16.6 Å². The van der Waals surface area contributed by atoms with E-state index in [2.05, 4.69) is 87.7 Å². The van der Waals surface area contributed by atoms with Crippen molar-refractivity contribution in [3.05, 3.63) is 122 Å². The molecule has 9 rings (SSSR count). The highest BCUT2D eigenvalue weighted by atomic mass is 16.7. The molecule has 0 aliphatic rings. The second-order valence-corrected chi connectivity index (χ2v) is 12.1. The molecule has 49 heavy (non-hydrogen) atoms. The van der Waals surface area contributed by atoms with Crippen LogP contribution in [0.2, 0.25) is 0 Å². The second kappa shape index (κ2) is 14.4. The molecule has 0 saturated carbocycles. The molecular weight excluding hydrogens is 610 g/mol. The number of fused-ring (bicyclic) bond motifs is 9. The molecule has 0 bridgehead atoms. The number of hydrogen-bond donors (Lipinski definition) is 2. The molecule has 248 valence electrons. The van der Waals surface area contributed by atoms with E-state index >= 15 is 0 Å². The van der Waals surface area contributed by atoms with Gasteiger partial charge in [0.25, 0.3) is 0 Å². The van der Waals surface area contributed by atoms with E-state index in [4.69, 9.17) is 18.3 Å². The Kier molecular flexibility index (Phi) is 9.48. The lowest BCUT2D eigenvalue weighted by Gasteiger charge is -2.20. The van der Waals surface area contributed by atoms with Crippen LogP contribution in [-0.4, -0.2) is 55.0 Å². The quantitative estimate of drug-likeness (QED) is 0.168. The van der Waals surface area contributed by atoms with Gasteiger partial charge in [-0.25, -0.2) is 0 Å². The maximum Gasteiger partial charge on any atom is 0.170 e. The predicted octanol–water partition coefficient (Wildman–Crippen LogP) is 10.7. The Morgan fingerprint density at radius 1 is 0.633 bits per heavy atom. The Morgan fingerprint density at radius 2 is 1.29 bits per heavy atom. The summed E-state index contributed by atoms with van der Waals surface area (Å²) in [6, 6.07) is 39.3. The first-order valence-electron chi connectivity index (χ1n) is 16.8. The molecule has 4 heterocycles. The average Bonchev–Trinajstić information content (AvgIpc) is 3.90. The summed E-state index contributed by atoms with van der Waals surface area (Å²) in [4.78, 5) is 9.02. The van der Waals surface area contributed by atoms with Crippen LogP contribution in [0.5, 0.6) is 0 Å².